The molecule has 0 bridgehead atoms. The first kappa shape index (κ1) is 52.7. The van der Waals surface area contributed by atoms with Crippen molar-refractivity contribution in [2.45, 2.75) is 50.1 Å². The van der Waals surface area contributed by atoms with Crippen LogP contribution >= 0.6 is 0 Å². The van der Waals surface area contributed by atoms with Crippen LogP contribution in [0, 0.1) is 0 Å². The number of ether oxygens (including phenoxy) is 10. The van der Waals surface area contributed by atoms with E-state index in [2.05, 4.69) is 33.6 Å². The second-order valence-corrected chi connectivity index (χ2v) is 15.4. The molecule has 2 heterocycles. The minimum Gasteiger partial charge on any atom is -0.463 e. The topological polar surface area (TPSA) is 244 Å². The van der Waals surface area contributed by atoms with E-state index in [0.29, 0.717) is 59.1 Å². The Morgan fingerprint density at radius 1 is 0.458 bits per heavy atom. The fourth-order valence-corrected chi connectivity index (χ4v) is 6.53. The highest BCUT2D eigenvalue weighted by Crippen LogP contribution is 2.31. The first-order valence-electron chi connectivity index (χ1n) is 22.5. The van der Waals surface area contributed by atoms with Crippen molar-refractivity contribution in [3.05, 3.63) is 156 Å². The number of hydrogen-bond acceptors (Lipinski definition) is 20. The number of benzene rings is 4. The molecule has 0 spiro atoms. The third kappa shape index (κ3) is 17.4. The predicted molar refractivity (Wildman–Crippen MR) is 259 cm³/mol. The number of carbonyl (C=O) groups excluding carboxylic acids is 6. The van der Waals surface area contributed by atoms with Gasteiger partial charge < -0.3 is 47.4 Å². The second-order valence-electron chi connectivity index (χ2n) is 15.4. The molecule has 2 aliphatic heterocycles. The highest BCUT2D eigenvalue weighted by atomic mass is 16.7. The molecule has 20 heteroatoms. The fraction of sp³-hybridized carbons (Fsp3) is 0.269. The van der Waals surface area contributed by atoms with E-state index in [-0.39, 0.29) is 51.1 Å². The molecule has 4 aromatic rings. The molecule has 0 unspecified atom stereocenters. The zero-order chi connectivity index (χ0) is 50.9. The summed E-state index contributed by atoms with van der Waals surface area (Å²) >= 11 is 0. The summed E-state index contributed by atoms with van der Waals surface area (Å²) in [5.74, 6) is -1.61. The number of carbonyl (C=O) groups is 6. The first-order chi connectivity index (χ1) is 35.1. The van der Waals surface area contributed by atoms with Crippen LogP contribution in [0.25, 0.3) is 0 Å². The van der Waals surface area contributed by atoms with E-state index in [9.17, 15) is 28.8 Å². The van der Waals surface area contributed by atoms with Crippen LogP contribution in [-0.4, -0.2) is 125 Å². The fourth-order valence-electron chi connectivity index (χ4n) is 6.53. The van der Waals surface area contributed by atoms with Crippen molar-refractivity contribution in [2.24, 2.45) is 20.4 Å². The van der Waals surface area contributed by atoms with Gasteiger partial charge in [-0.1, -0.05) is 37.4 Å². The van der Waals surface area contributed by atoms with E-state index in [4.69, 9.17) is 47.4 Å². The van der Waals surface area contributed by atoms with Crippen LogP contribution in [0.2, 0.25) is 0 Å². The van der Waals surface area contributed by atoms with Gasteiger partial charge in [0.25, 0.3) is 0 Å². The van der Waals surface area contributed by atoms with Gasteiger partial charge >= 0.3 is 36.2 Å². The van der Waals surface area contributed by atoms with E-state index < -0.39 is 60.6 Å². The number of fused-ring (bicyclic) bond motifs is 1. The number of unbranched alkanes of at least 4 members (excludes halogenated alkanes) is 2. The molecule has 4 atom stereocenters. The monoisotopic (exact) mass is 986 g/mol. The Labute approximate surface area is 413 Å². The maximum atomic E-state index is 13.1. The molecule has 2 fully saturated rings. The molecule has 0 aliphatic carbocycles. The summed E-state index contributed by atoms with van der Waals surface area (Å²) in [6.07, 6.45) is 5.85. The first-order valence-corrected chi connectivity index (χ1v) is 22.5. The quantitative estimate of drug-likeness (QED) is 0.0128. The highest BCUT2D eigenvalue weighted by Gasteiger charge is 2.51. The van der Waals surface area contributed by atoms with Gasteiger partial charge in [0.1, 0.15) is 23.7 Å². The van der Waals surface area contributed by atoms with Crippen LogP contribution in [0.3, 0.4) is 0 Å². The Balaban J connectivity index is 0.856. The van der Waals surface area contributed by atoms with Crippen molar-refractivity contribution in [1.29, 1.82) is 0 Å². The summed E-state index contributed by atoms with van der Waals surface area (Å²) in [5.41, 5.74) is 3.35. The predicted octanol–water partition coefficient (Wildman–Crippen LogP) is 7.19. The van der Waals surface area contributed by atoms with E-state index in [0.717, 1.165) is 12.2 Å². The zero-order valence-electron chi connectivity index (χ0n) is 38.8. The van der Waals surface area contributed by atoms with Gasteiger partial charge in [-0.2, -0.15) is 20.4 Å². The number of rotatable bonds is 24. The lowest BCUT2D eigenvalue weighted by atomic mass is 10.1. The van der Waals surface area contributed by atoms with Crippen molar-refractivity contribution >= 4 is 61.0 Å². The summed E-state index contributed by atoms with van der Waals surface area (Å²) in [4.78, 5) is 72.0. The number of nitrogens with zero attached hydrogens (tertiary/aromatic N) is 4. The Morgan fingerprint density at radius 2 is 0.764 bits per heavy atom. The summed E-state index contributed by atoms with van der Waals surface area (Å²) in [6, 6.07) is 26.2. The molecule has 374 valence electrons. The summed E-state index contributed by atoms with van der Waals surface area (Å²) in [7, 11) is 0. The Morgan fingerprint density at radius 3 is 1.08 bits per heavy atom. The molecule has 20 nitrogen and oxygen atoms in total. The van der Waals surface area contributed by atoms with Crippen molar-refractivity contribution in [1.82, 2.24) is 0 Å². The molecule has 0 N–H and O–H groups in total. The van der Waals surface area contributed by atoms with Crippen molar-refractivity contribution in [2.75, 3.05) is 39.6 Å². The number of esters is 4. The Bertz CT molecular complexity index is 2430. The summed E-state index contributed by atoms with van der Waals surface area (Å²) in [6.45, 7) is 7.38. The largest absolute Gasteiger partial charge is 0.513 e. The van der Waals surface area contributed by atoms with E-state index >= 15 is 0 Å². The standard InChI is InChI=1S/C52H50N4O16/c1-3-45(57)63-25-5-7-27-65-51(61)69-41-21-13-37(14-22-41)31-55-53-29-35-9-17-39(18-10-35)49(59)71-43-33-67-48-44(34-68-47(43)48)72-50(60)40-19-11-36(12-20-40)30-54-56-32-38-15-23-42(24-16-38)70-52(62)66-28-8-6-26-64-46(58)4-2/h3-4,9-24,29-32,43-44,47-48H,1-2,5-8,25-28,33-34H2/t43-,44+,47-,48-/m1/s1. The molecule has 0 aromatic heterocycles. The van der Waals surface area contributed by atoms with Crippen molar-refractivity contribution in [3.8, 4) is 11.5 Å². The molecule has 72 heavy (non-hydrogen) atoms. The Kier molecular flexibility index (Phi) is 20.6. The van der Waals surface area contributed by atoms with Crippen LogP contribution in [0.1, 0.15) is 68.7 Å². The van der Waals surface area contributed by atoms with E-state index in [1.165, 1.54) is 24.9 Å². The second kappa shape index (κ2) is 28.1. The van der Waals surface area contributed by atoms with Gasteiger partial charge in [0.2, 0.25) is 0 Å². The highest BCUT2D eigenvalue weighted by molar-refractivity contribution is 5.92. The molecular formula is C52H50N4O16. The molecule has 0 radical (unpaired) electrons. The van der Waals surface area contributed by atoms with Gasteiger partial charge in [0, 0.05) is 12.2 Å². The molecule has 4 aromatic carbocycles. The maximum absolute atomic E-state index is 13.1. The zero-order valence-corrected chi connectivity index (χ0v) is 38.8. The van der Waals surface area contributed by atoms with Crippen LogP contribution < -0.4 is 9.47 Å². The van der Waals surface area contributed by atoms with Crippen molar-refractivity contribution < 1.29 is 76.1 Å². The van der Waals surface area contributed by atoms with Crippen LogP contribution in [-0.2, 0) is 47.5 Å². The SMILES string of the molecule is C=CC(=O)OCCCCOC(=O)Oc1ccc(C=NN=Cc2ccc(C(=O)O[C@H]3CO[C@H]4[C@@H]3OC[C@H]4OC(=O)c3ccc(C=NN=Cc4ccc(OC(=O)OCCCCOC(=O)C=C)cc4)cc3)cc2)cc1. The van der Waals surface area contributed by atoms with E-state index in [1.54, 1.807) is 97.1 Å². The molecular weight excluding hydrogens is 937 g/mol. The minimum atomic E-state index is -0.854. The van der Waals surface area contributed by atoms with Gasteiger partial charge in [0.15, 0.2) is 12.2 Å². The average molecular weight is 987 g/mol. The van der Waals surface area contributed by atoms with E-state index in [1.807, 2.05) is 0 Å². The molecule has 6 rings (SSSR count). The summed E-state index contributed by atoms with van der Waals surface area (Å²) < 4.78 is 53.3. The van der Waals surface area contributed by atoms with Crippen LogP contribution in [0.4, 0.5) is 9.59 Å². The van der Waals surface area contributed by atoms with Gasteiger partial charge in [-0.25, -0.2) is 28.8 Å². The smallest absolute Gasteiger partial charge is 0.463 e. The summed E-state index contributed by atoms with van der Waals surface area (Å²) in [5, 5.41) is 16.2. The molecule has 0 saturated carbocycles. The van der Waals surface area contributed by atoms with Crippen molar-refractivity contribution in [3.63, 3.8) is 0 Å². The van der Waals surface area contributed by atoms with Crippen LogP contribution in [0.5, 0.6) is 11.5 Å². The van der Waals surface area contributed by atoms with Gasteiger partial charge in [0.05, 0.1) is 75.6 Å². The lowest BCUT2D eigenvalue weighted by Crippen LogP contribution is -2.36. The molecule has 2 saturated heterocycles. The molecule has 2 aliphatic rings. The Hall–Kier alpha value is -8.62. The van der Waals surface area contributed by atoms with Gasteiger partial charge in [-0.15, -0.1) is 0 Å². The van der Waals surface area contributed by atoms with Crippen LogP contribution in [0.15, 0.2) is 143 Å². The van der Waals surface area contributed by atoms with Gasteiger partial charge in [-0.3, -0.25) is 0 Å². The number of hydrogen-bond donors (Lipinski definition) is 0. The average Bonchev–Trinajstić information content (AvgIpc) is 3.99. The third-order valence-electron chi connectivity index (χ3n) is 10.2. The third-order valence-corrected chi connectivity index (χ3v) is 10.2. The molecule has 0 amide bonds. The lowest BCUT2D eigenvalue weighted by molar-refractivity contribution is -0.138. The van der Waals surface area contributed by atoms with Gasteiger partial charge in [-0.05, 0) is 121 Å². The lowest BCUT2D eigenvalue weighted by Gasteiger charge is -2.17. The minimum absolute atomic E-state index is 0.0628. The maximum Gasteiger partial charge on any atom is 0.513 e. The normalized spacial score (nSPS) is 17.1.